The molecule has 1 saturated heterocycles. The summed E-state index contributed by atoms with van der Waals surface area (Å²) in [5.74, 6) is 0. The molecule has 0 saturated carbocycles. The van der Waals surface area contributed by atoms with Crippen molar-refractivity contribution < 1.29 is 0 Å². The van der Waals surface area contributed by atoms with E-state index >= 15 is 0 Å². The lowest BCUT2D eigenvalue weighted by Crippen LogP contribution is -2.39. The van der Waals surface area contributed by atoms with Crippen molar-refractivity contribution in [3.05, 3.63) is 35.4 Å². The Labute approximate surface area is 123 Å². The first-order chi connectivity index (χ1) is 9.88. The standard InChI is InChI=1S/C18H28N2/c1-2-20-13-7-10-16(20)14-19-18-12-6-4-9-15-8-3-5-11-17(15)18/h3,5,8,11,16,18-19H,2,4,6-7,9-10,12-14H2,1H3. The first-order valence-corrected chi connectivity index (χ1v) is 8.43. The zero-order chi connectivity index (χ0) is 13.8. The molecule has 0 bridgehead atoms. The van der Waals surface area contributed by atoms with E-state index < -0.39 is 0 Å². The van der Waals surface area contributed by atoms with Gasteiger partial charge in [0.2, 0.25) is 0 Å². The van der Waals surface area contributed by atoms with Gasteiger partial charge in [0.15, 0.2) is 0 Å². The molecule has 1 aromatic rings. The van der Waals surface area contributed by atoms with Crippen molar-refractivity contribution in [2.75, 3.05) is 19.6 Å². The van der Waals surface area contributed by atoms with Gasteiger partial charge in [0.25, 0.3) is 0 Å². The fourth-order valence-electron chi connectivity index (χ4n) is 3.95. The Morgan fingerprint density at radius 1 is 1.15 bits per heavy atom. The highest BCUT2D eigenvalue weighted by Crippen LogP contribution is 2.29. The molecule has 0 aromatic heterocycles. The fourth-order valence-corrected chi connectivity index (χ4v) is 3.95. The number of nitrogens with one attached hydrogen (secondary N) is 1. The van der Waals surface area contributed by atoms with Crippen LogP contribution in [0.15, 0.2) is 24.3 Å². The van der Waals surface area contributed by atoms with E-state index in [2.05, 4.69) is 41.4 Å². The lowest BCUT2D eigenvalue weighted by atomic mass is 9.99. The molecular weight excluding hydrogens is 244 g/mol. The lowest BCUT2D eigenvalue weighted by molar-refractivity contribution is 0.252. The van der Waals surface area contributed by atoms with Gasteiger partial charge in [0.1, 0.15) is 0 Å². The molecule has 1 heterocycles. The third-order valence-corrected chi connectivity index (χ3v) is 5.12. The molecule has 2 aliphatic rings. The summed E-state index contributed by atoms with van der Waals surface area (Å²) in [7, 11) is 0. The number of nitrogens with zero attached hydrogens (tertiary/aromatic N) is 1. The van der Waals surface area contributed by atoms with Gasteiger partial charge in [-0.15, -0.1) is 0 Å². The average Bonchev–Trinajstić information content (AvgIpc) is 2.85. The van der Waals surface area contributed by atoms with Crippen LogP contribution in [0.5, 0.6) is 0 Å². The van der Waals surface area contributed by atoms with E-state index in [1.165, 1.54) is 51.6 Å². The van der Waals surface area contributed by atoms with E-state index in [1.54, 1.807) is 11.1 Å². The maximum atomic E-state index is 3.88. The van der Waals surface area contributed by atoms with E-state index in [4.69, 9.17) is 0 Å². The van der Waals surface area contributed by atoms with Gasteiger partial charge in [-0.05, 0) is 56.3 Å². The van der Waals surface area contributed by atoms with Crippen molar-refractivity contribution in [2.24, 2.45) is 0 Å². The number of aryl methyl sites for hydroxylation is 1. The Morgan fingerprint density at radius 3 is 2.95 bits per heavy atom. The van der Waals surface area contributed by atoms with Crippen molar-refractivity contribution in [1.82, 2.24) is 10.2 Å². The van der Waals surface area contributed by atoms with E-state index in [1.807, 2.05) is 0 Å². The van der Waals surface area contributed by atoms with Crippen LogP contribution in [0.4, 0.5) is 0 Å². The monoisotopic (exact) mass is 272 g/mol. The molecule has 1 aromatic carbocycles. The highest BCUT2D eigenvalue weighted by Gasteiger charge is 2.24. The Bertz CT molecular complexity index is 429. The van der Waals surface area contributed by atoms with E-state index in [0.717, 1.165) is 12.6 Å². The summed E-state index contributed by atoms with van der Waals surface area (Å²) in [6, 6.07) is 10.4. The first kappa shape index (κ1) is 14.1. The second kappa shape index (κ2) is 6.73. The molecule has 1 aliphatic heterocycles. The normalized spacial score (nSPS) is 27.2. The second-order valence-electron chi connectivity index (χ2n) is 6.33. The fraction of sp³-hybridized carbons (Fsp3) is 0.667. The molecule has 1 aliphatic carbocycles. The van der Waals surface area contributed by atoms with Gasteiger partial charge in [-0.1, -0.05) is 37.6 Å². The van der Waals surface area contributed by atoms with Crippen molar-refractivity contribution in [2.45, 2.75) is 57.5 Å². The maximum absolute atomic E-state index is 3.88. The Balaban J connectivity index is 1.65. The van der Waals surface area contributed by atoms with Crippen LogP contribution in [0, 0.1) is 0 Å². The third kappa shape index (κ3) is 3.07. The highest BCUT2D eigenvalue weighted by atomic mass is 15.2. The molecule has 0 amide bonds. The Morgan fingerprint density at radius 2 is 2.05 bits per heavy atom. The maximum Gasteiger partial charge on any atom is 0.0323 e. The number of fused-ring (bicyclic) bond motifs is 1. The quantitative estimate of drug-likeness (QED) is 0.844. The largest absolute Gasteiger partial charge is 0.308 e. The molecule has 0 spiro atoms. The molecule has 3 rings (SSSR count). The second-order valence-corrected chi connectivity index (χ2v) is 6.33. The lowest BCUT2D eigenvalue weighted by Gasteiger charge is -2.26. The minimum atomic E-state index is 0.577. The smallest absolute Gasteiger partial charge is 0.0323 e. The summed E-state index contributed by atoms with van der Waals surface area (Å²) in [5.41, 5.74) is 3.13. The summed E-state index contributed by atoms with van der Waals surface area (Å²) < 4.78 is 0. The van der Waals surface area contributed by atoms with Gasteiger partial charge < -0.3 is 5.32 Å². The SMILES string of the molecule is CCN1CCCC1CNC1CCCCc2ccccc21. The van der Waals surface area contributed by atoms with Gasteiger partial charge in [0.05, 0.1) is 0 Å². The van der Waals surface area contributed by atoms with Crippen LogP contribution in [0.1, 0.15) is 56.2 Å². The zero-order valence-corrected chi connectivity index (χ0v) is 12.8. The zero-order valence-electron chi connectivity index (χ0n) is 12.8. The van der Waals surface area contributed by atoms with Gasteiger partial charge in [0, 0.05) is 18.6 Å². The van der Waals surface area contributed by atoms with Crippen LogP contribution in [-0.4, -0.2) is 30.6 Å². The minimum absolute atomic E-state index is 0.577. The average molecular weight is 272 g/mol. The number of benzene rings is 1. The van der Waals surface area contributed by atoms with Crippen LogP contribution in [0.2, 0.25) is 0 Å². The van der Waals surface area contributed by atoms with Crippen molar-refractivity contribution in [3.8, 4) is 0 Å². The molecular formula is C18H28N2. The Hall–Kier alpha value is -0.860. The number of likely N-dealkylation sites (N-methyl/N-ethyl adjacent to an activating group) is 1. The van der Waals surface area contributed by atoms with Gasteiger partial charge in [-0.3, -0.25) is 4.90 Å². The predicted molar refractivity (Wildman–Crippen MR) is 85.0 cm³/mol. The molecule has 2 heteroatoms. The van der Waals surface area contributed by atoms with Crippen LogP contribution >= 0.6 is 0 Å². The molecule has 2 nitrogen and oxygen atoms in total. The molecule has 0 radical (unpaired) electrons. The third-order valence-electron chi connectivity index (χ3n) is 5.12. The molecule has 20 heavy (non-hydrogen) atoms. The Kier molecular flexibility index (Phi) is 4.74. The predicted octanol–water partition coefficient (Wildman–Crippen LogP) is 3.53. The number of hydrogen-bond donors (Lipinski definition) is 1. The van der Waals surface area contributed by atoms with E-state index in [0.29, 0.717) is 6.04 Å². The molecule has 1 fully saturated rings. The molecule has 110 valence electrons. The van der Waals surface area contributed by atoms with Gasteiger partial charge >= 0.3 is 0 Å². The van der Waals surface area contributed by atoms with Crippen molar-refractivity contribution in [3.63, 3.8) is 0 Å². The molecule has 2 atom stereocenters. The minimum Gasteiger partial charge on any atom is -0.308 e. The number of likely N-dealkylation sites (tertiary alicyclic amines) is 1. The van der Waals surface area contributed by atoms with Crippen molar-refractivity contribution >= 4 is 0 Å². The highest BCUT2D eigenvalue weighted by molar-refractivity contribution is 5.31. The summed E-state index contributed by atoms with van der Waals surface area (Å²) in [6.07, 6.45) is 8.01. The van der Waals surface area contributed by atoms with Crippen LogP contribution in [0.3, 0.4) is 0 Å². The van der Waals surface area contributed by atoms with Crippen LogP contribution in [-0.2, 0) is 6.42 Å². The summed E-state index contributed by atoms with van der Waals surface area (Å²) in [4.78, 5) is 2.63. The molecule has 2 unspecified atom stereocenters. The van der Waals surface area contributed by atoms with E-state index in [9.17, 15) is 0 Å². The van der Waals surface area contributed by atoms with Gasteiger partial charge in [-0.25, -0.2) is 0 Å². The summed E-state index contributed by atoms with van der Waals surface area (Å²) in [5, 5.41) is 3.88. The van der Waals surface area contributed by atoms with Crippen molar-refractivity contribution in [1.29, 1.82) is 0 Å². The first-order valence-electron chi connectivity index (χ1n) is 8.43. The molecule has 1 N–H and O–H groups in total. The summed E-state index contributed by atoms with van der Waals surface area (Å²) in [6.45, 7) is 5.95. The van der Waals surface area contributed by atoms with Crippen LogP contribution in [0.25, 0.3) is 0 Å². The number of hydrogen-bond acceptors (Lipinski definition) is 2. The topological polar surface area (TPSA) is 15.3 Å². The van der Waals surface area contributed by atoms with E-state index in [-0.39, 0.29) is 0 Å². The van der Waals surface area contributed by atoms with Crippen LogP contribution < -0.4 is 5.32 Å². The van der Waals surface area contributed by atoms with Gasteiger partial charge in [-0.2, -0.15) is 0 Å². The summed E-state index contributed by atoms with van der Waals surface area (Å²) >= 11 is 0. The number of rotatable bonds is 4.